The van der Waals surface area contributed by atoms with E-state index in [0.717, 1.165) is 23.7 Å². The van der Waals surface area contributed by atoms with Gasteiger partial charge in [-0.15, -0.1) is 5.10 Å². The van der Waals surface area contributed by atoms with E-state index < -0.39 is 17.5 Å². The zero-order valence-corrected chi connectivity index (χ0v) is 22.1. The standard InChI is InChI=1S/C26H27F2N7O3S/c1-16-23(39-32-31-16)26(38)35-10-8-33(9-11-35)22-3-2-17(25(37)34-6-4-29-5-7-34)14-21(22)30-24(36)18-12-19(27)15-20(28)13-18/h2-3,12-15,29H,4-11H2,1H3,(H,30,36). The van der Waals surface area contributed by atoms with Crippen molar-refractivity contribution >= 4 is 40.6 Å². The van der Waals surface area contributed by atoms with Gasteiger partial charge in [0.05, 0.1) is 17.1 Å². The topological polar surface area (TPSA) is 111 Å². The minimum absolute atomic E-state index is 0.124. The van der Waals surface area contributed by atoms with Crippen LogP contribution < -0.4 is 15.5 Å². The summed E-state index contributed by atoms with van der Waals surface area (Å²) < 4.78 is 31.4. The summed E-state index contributed by atoms with van der Waals surface area (Å²) in [6.45, 7) is 6.07. The minimum Gasteiger partial charge on any atom is -0.366 e. The highest BCUT2D eigenvalue weighted by molar-refractivity contribution is 7.07. The van der Waals surface area contributed by atoms with Crippen LogP contribution in [0, 0.1) is 18.6 Å². The zero-order chi connectivity index (χ0) is 27.5. The number of carbonyl (C=O) groups excluding carboxylic acids is 3. The quantitative estimate of drug-likeness (QED) is 0.498. The Bertz CT molecular complexity index is 1380. The van der Waals surface area contributed by atoms with E-state index in [2.05, 4.69) is 20.2 Å². The Hall–Kier alpha value is -3.97. The molecule has 0 bridgehead atoms. The van der Waals surface area contributed by atoms with Gasteiger partial charge < -0.3 is 25.3 Å². The average molecular weight is 556 g/mol. The number of hydrogen-bond acceptors (Lipinski definition) is 8. The van der Waals surface area contributed by atoms with Crippen LogP contribution in [-0.2, 0) is 0 Å². The summed E-state index contributed by atoms with van der Waals surface area (Å²) >= 11 is 1.07. The first-order chi connectivity index (χ1) is 18.8. The van der Waals surface area contributed by atoms with Crippen molar-refractivity contribution in [2.75, 3.05) is 62.6 Å². The van der Waals surface area contributed by atoms with Gasteiger partial charge in [0.1, 0.15) is 16.5 Å². The van der Waals surface area contributed by atoms with Gasteiger partial charge >= 0.3 is 0 Å². The molecule has 10 nitrogen and oxygen atoms in total. The van der Waals surface area contributed by atoms with Crippen molar-refractivity contribution in [3.63, 3.8) is 0 Å². The van der Waals surface area contributed by atoms with E-state index in [1.807, 2.05) is 4.90 Å². The molecule has 5 rings (SSSR count). The first-order valence-corrected chi connectivity index (χ1v) is 13.3. The third-order valence-corrected chi connectivity index (χ3v) is 7.59. The Morgan fingerprint density at radius 1 is 0.872 bits per heavy atom. The third kappa shape index (κ3) is 5.88. The van der Waals surface area contributed by atoms with Crippen LogP contribution in [0.1, 0.15) is 36.1 Å². The summed E-state index contributed by atoms with van der Waals surface area (Å²) in [4.78, 5) is 45.0. The average Bonchev–Trinajstić information content (AvgIpc) is 3.38. The second-order valence-electron chi connectivity index (χ2n) is 9.35. The number of halogens is 2. The van der Waals surface area contributed by atoms with Crippen LogP contribution in [-0.4, -0.2) is 89.5 Å². The highest BCUT2D eigenvalue weighted by Gasteiger charge is 2.27. The van der Waals surface area contributed by atoms with Crippen molar-refractivity contribution in [2.24, 2.45) is 0 Å². The monoisotopic (exact) mass is 555 g/mol. The molecule has 0 unspecified atom stereocenters. The molecule has 3 heterocycles. The maximum Gasteiger partial charge on any atom is 0.267 e. The second kappa shape index (κ2) is 11.4. The van der Waals surface area contributed by atoms with E-state index in [0.29, 0.717) is 85.9 Å². The largest absolute Gasteiger partial charge is 0.366 e. The number of benzene rings is 2. The Balaban J connectivity index is 1.39. The maximum absolute atomic E-state index is 13.8. The van der Waals surface area contributed by atoms with Crippen LogP contribution in [0.3, 0.4) is 0 Å². The number of anilines is 2. The minimum atomic E-state index is -0.866. The van der Waals surface area contributed by atoms with Gasteiger partial charge in [0.25, 0.3) is 17.7 Å². The molecule has 0 spiro atoms. The van der Waals surface area contributed by atoms with Crippen molar-refractivity contribution < 1.29 is 23.2 Å². The molecule has 2 aromatic carbocycles. The van der Waals surface area contributed by atoms with Gasteiger partial charge in [0.2, 0.25) is 0 Å². The molecule has 13 heteroatoms. The molecule has 0 saturated carbocycles. The summed E-state index contributed by atoms with van der Waals surface area (Å²) in [5.41, 5.74) is 1.79. The molecule has 0 atom stereocenters. The Kier molecular flexibility index (Phi) is 7.79. The van der Waals surface area contributed by atoms with Gasteiger partial charge in [-0.05, 0) is 48.8 Å². The highest BCUT2D eigenvalue weighted by atomic mass is 32.1. The van der Waals surface area contributed by atoms with Gasteiger partial charge in [0.15, 0.2) is 0 Å². The molecule has 3 aromatic rings. The molecule has 3 amide bonds. The molecular formula is C26H27F2N7O3S. The number of hydrogen-bond donors (Lipinski definition) is 2. The first kappa shape index (κ1) is 26.6. The number of carbonyl (C=O) groups is 3. The molecule has 2 N–H and O–H groups in total. The van der Waals surface area contributed by atoms with E-state index in [1.165, 1.54) is 0 Å². The molecule has 0 aliphatic carbocycles. The van der Waals surface area contributed by atoms with Gasteiger partial charge in [0, 0.05) is 69.6 Å². The highest BCUT2D eigenvalue weighted by Crippen LogP contribution is 2.30. The van der Waals surface area contributed by atoms with Crippen molar-refractivity contribution in [1.82, 2.24) is 24.7 Å². The SMILES string of the molecule is Cc1nnsc1C(=O)N1CCN(c2ccc(C(=O)N3CCNCC3)cc2NC(=O)c2cc(F)cc(F)c2)CC1. The fourth-order valence-electron chi connectivity index (χ4n) is 4.70. The van der Waals surface area contributed by atoms with E-state index in [9.17, 15) is 23.2 Å². The van der Waals surface area contributed by atoms with E-state index in [-0.39, 0.29) is 17.4 Å². The number of rotatable bonds is 5. The summed E-state index contributed by atoms with van der Waals surface area (Å²) in [6, 6.07) is 7.66. The van der Waals surface area contributed by atoms with Crippen molar-refractivity contribution in [2.45, 2.75) is 6.92 Å². The number of nitrogens with one attached hydrogen (secondary N) is 2. The molecule has 2 saturated heterocycles. The van der Waals surface area contributed by atoms with Gasteiger partial charge in [-0.1, -0.05) is 4.49 Å². The molecule has 0 radical (unpaired) electrons. The molecule has 2 aliphatic heterocycles. The number of piperazine rings is 2. The lowest BCUT2D eigenvalue weighted by Gasteiger charge is -2.37. The van der Waals surface area contributed by atoms with Gasteiger partial charge in [-0.3, -0.25) is 14.4 Å². The lowest BCUT2D eigenvalue weighted by Crippen LogP contribution is -2.49. The van der Waals surface area contributed by atoms with Crippen molar-refractivity contribution in [3.8, 4) is 0 Å². The zero-order valence-electron chi connectivity index (χ0n) is 21.2. The van der Waals surface area contributed by atoms with E-state index in [4.69, 9.17) is 0 Å². The van der Waals surface area contributed by atoms with E-state index in [1.54, 1.807) is 34.9 Å². The molecule has 2 aliphatic rings. The fraction of sp³-hybridized carbons (Fsp3) is 0.346. The summed E-state index contributed by atoms with van der Waals surface area (Å²) in [5, 5.41) is 9.87. The van der Waals surface area contributed by atoms with Crippen LogP contribution >= 0.6 is 11.5 Å². The normalized spacial score (nSPS) is 15.8. The predicted octanol–water partition coefficient (Wildman–Crippen LogP) is 2.38. The van der Waals surface area contributed by atoms with Gasteiger partial charge in [-0.25, -0.2) is 8.78 Å². The van der Waals surface area contributed by atoms with Crippen LogP contribution in [0.4, 0.5) is 20.2 Å². The summed E-state index contributed by atoms with van der Waals surface area (Å²) in [6.07, 6.45) is 0. The van der Waals surface area contributed by atoms with Crippen LogP contribution in [0.5, 0.6) is 0 Å². The Labute approximate surface area is 227 Å². The Morgan fingerprint density at radius 2 is 1.54 bits per heavy atom. The fourth-order valence-corrected chi connectivity index (χ4v) is 5.32. The predicted molar refractivity (Wildman–Crippen MR) is 142 cm³/mol. The number of aromatic nitrogens is 2. The third-order valence-electron chi connectivity index (χ3n) is 6.77. The van der Waals surface area contributed by atoms with E-state index >= 15 is 0 Å². The molecule has 39 heavy (non-hydrogen) atoms. The number of nitrogens with zero attached hydrogens (tertiary/aromatic N) is 5. The van der Waals surface area contributed by atoms with Crippen molar-refractivity contribution in [3.05, 3.63) is 69.7 Å². The van der Waals surface area contributed by atoms with Crippen LogP contribution in [0.15, 0.2) is 36.4 Å². The second-order valence-corrected chi connectivity index (χ2v) is 10.1. The van der Waals surface area contributed by atoms with Crippen molar-refractivity contribution in [1.29, 1.82) is 0 Å². The smallest absolute Gasteiger partial charge is 0.267 e. The summed E-state index contributed by atoms with van der Waals surface area (Å²) in [5.74, 6) is -2.73. The first-order valence-electron chi connectivity index (χ1n) is 12.5. The molecule has 1 aromatic heterocycles. The summed E-state index contributed by atoms with van der Waals surface area (Å²) in [7, 11) is 0. The lowest BCUT2D eigenvalue weighted by molar-refractivity contribution is 0.0732. The molecule has 204 valence electrons. The number of aryl methyl sites for hydroxylation is 1. The van der Waals surface area contributed by atoms with Crippen LogP contribution in [0.25, 0.3) is 0 Å². The van der Waals surface area contributed by atoms with Crippen LogP contribution in [0.2, 0.25) is 0 Å². The molecular weight excluding hydrogens is 528 g/mol. The maximum atomic E-state index is 13.8. The lowest BCUT2D eigenvalue weighted by atomic mass is 10.1. The van der Waals surface area contributed by atoms with Gasteiger partial charge in [-0.2, -0.15) is 0 Å². The number of amides is 3. The Morgan fingerprint density at radius 3 is 2.18 bits per heavy atom. The molecule has 2 fully saturated rings.